The van der Waals surface area contributed by atoms with Gasteiger partial charge in [-0.2, -0.15) is 11.3 Å². The molecule has 0 saturated carbocycles. The van der Waals surface area contributed by atoms with Crippen molar-refractivity contribution in [1.82, 2.24) is 9.97 Å². The molecule has 48 heavy (non-hydrogen) atoms. The average Bonchev–Trinajstić information content (AvgIpc) is 3.48. The molecule has 1 atom stereocenters. The van der Waals surface area contributed by atoms with Crippen molar-refractivity contribution in [1.29, 1.82) is 0 Å². The van der Waals surface area contributed by atoms with Gasteiger partial charge in [0.2, 0.25) is 0 Å². The quantitative estimate of drug-likeness (QED) is 0.123. The van der Waals surface area contributed by atoms with Crippen LogP contribution in [0.3, 0.4) is 0 Å². The Morgan fingerprint density at radius 2 is 1.46 bits per heavy atom. The zero-order chi connectivity index (χ0) is 33.1. The third-order valence-electron chi connectivity index (χ3n) is 9.01. The Kier molecular flexibility index (Phi) is 11.5. The Morgan fingerprint density at radius 3 is 2.15 bits per heavy atom. The van der Waals surface area contributed by atoms with E-state index in [0.717, 1.165) is 22.5 Å². The third kappa shape index (κ3) is 7.74. The Balaban J connectivity index is 0.000000214. The van der Waals surface area contributed by atoms with Gasteiger partial charge >= 0.3 is 106 Å². The van der Waals surface area contributed by atoms with E-state index in [4.69, 9.17) is 4.98 Å². The van der Waals surface area contributed by atoms with Crippen molar-refractivity contribution in [3.05, 3.63) is 139 Å². The molecule has 0 aliphatic rings. The maximum Gasteiger partial charge on any atom is 0 e. The van der Waals surface area contributed by atoms with Crippen LogP contribution in [-0.4, -0.2) is 23.2 Å². The molecule has 0 N–H and O–H groups in total. The molecular formula is C43H42GeIrN2S-2. The van der Waals surface area contributed by atoms with Crippen LogP contribution >= 0.6 is 11.3 Å². The van der Waals surface area contributed by atoms with E-state index >= 15 is 0 Å². The fraction of sp³-hybridized carbons (Fsp3) is 0.209. The SMILES string of the molecule is CC(C)C(C)c1ccnc(-c2[c-]ccc3c2sc2c(-c4ccccc4)cccc23)c1.Cc1cc(-c2[c-]cccc2)nc[c]1[Ge]([CH3])([CH3])[CH3].[Ir]. The maximum atomic E-state index is 4.73. The third-order valence-corrected chi connectivity index (χ3v) is 14.8. The van der Waals surface area contributed by atoms with Gasteiger partial charge in [0.05, 0.1) is 0 Å². The van der Waals surface area contributed by atoms with E-state index in [1.165, 1.54) is 46.8 Å². The van der Waals surface area contributed by atoms with Gasteiger partial charge in [0.25, 0.3) is 0 Å². The first-order chi connectivity index (χ1) is 22.6. The molecule has 2 nitrogen and oxygen atoms in total. The Bertz CT molecular complexity index is 2130. The molecule has 0 amide bonds. The van der Waals surface area contributed by atoms with Gasteiger partial charge in [-0.3, -0.25) is 0 Å². The van der Waals surface area contributed by atoms with E-state index in [1.807, 2.05) is 41.8 Å². The zero-order valence-electron chi connectivity index (χ0n) is 28.8. The van der Waals surface area contributed by atoms with Gasteiger partial charge in [-0.1, -0.05) is 86.3 Å². The first-order valence-corrected chi connectivity index (χ1v) is 24.6. The Morgan fingerprint density at radius 1 is 0.708 bits per heavy atom. The first kappa shape index (κ1) is 35.9. The molecule has 5 heteroatoms. The second kappa shape index (κ2) is 15.4. The van der Waals surface area contributed by atoms with Crippen LogP contribution < -0.4 is 4.40 Å². The normalized spacial score (nSPS) is 12.0. The zero-order valence-corrected chi connectivity index (χ0v) is 34.1. The molecule has 7 aromatic rings. The molecule has 0 spiro atoms. The minimum absolute atomic E-state index is 0. The van der Waals surface area contributed by atoms with E-state index in [0.29, 0.717) is 11.8 Å². The van der Waals surface area contributed by atoms with Crippen LogP contribution in [-0.2, 0) is 20.1 Å². The van der Waals surface area contributed by atoms with Crippen molar-refractivity contribution < 1.29 is 20.1 Å². The molecular weight excluding hydrogens is 841 g/mol. The van der Waals surface area contributed by atoms with Crippen molar-refractivity contribution in [2.45, 2.75) is 50.9 Å². The fourth-order valence-electron chi connectivity index (χ4n) is 6.09. The van der Waals surface area contributed by atoms with E-state index in [-0.39, 0.29) is 20.1 Å². The minimum atomic E-state index is -1.77. The molecule has 0 aliphatic heterocycles. The molecule has 245 valence electrons. The summed E-state index contributed by atoms with van der Waals surface area (Å²) in [4.78, 5) is 9.32. The summed E-state index contributed by atoms with van der Waals surface area (Å²) in [5, 5.41) is 2.59. The van der Waals surface area contributed by atoms with Gasteiger partial charge in [0, 0.05) is 31.0 Å². The molecule has 1 unspecified atom stereocenters. The summed E-state index contributed by atoms with van der Waals surface area (Å²) in [6.45, 7) is 9.03. The van der Waals surface area contributed by atoms with Crippen LogP contribution in [0.15, 0.2) is 116 Å². The topological polar surface area (TPSA) is 25.8 Å². The number of aromatic nitrogens is 2. The van der Waals surface area contributed by atoms with Crippen LogP contribution in [0.5, 0.6) is 0 Å². The molecule has 4 aromatic carbocycles. The molecule has 0 saturated heterocycles. The molecule has 0 aliphatic carbocycles. The van der Waals surface area contributed by atoms with Crippen molar-refractivity contribution >= 4 is 49.2 Å². The Hall–Kier alpha value is -3.41. The van der Waals surface area contributed by atoms with Gasteiger partial charge in [-0.15, -0.1) is 23.8 Å². The predicted octanol–water partition coefficient (Wildman–Crippen LogP) is 11.7. The second-order valence-corrected chi connectivity index (χ2v) is 25.3. The standard InChI is InChI=1S/C28H24NS.C15H18GeN.Ir/c1-18(2)19(3)21-15-16-29-26(17-21)25-14-8-13-24-23-12-7-11-22(27(23)30-28(24)25)20-9-5-4-6-10-20;1-12-10-15(13-8-6-5-7-9-13)17-11-14(12)16(2,3)4;/h4-13,15-19H,1-3H3;5-8,10-11H,1-4H3;/q2*-1;. The minimum Gasteiger partial charge on any atom is 0 e. The fourth-order valence-corrected chi connectivity index (χ4v) is 11.0. The van der Waals surface area contributed by atoms with Crippen LogP contribution in [0.1, 0.15) is 37.8 Å². The number of fused-ring (bicyclic) bond motifs is 3. The van der Waals surface area contributed by atoms with Crippen LogP contribution in [0.2, 0.25) is 17.3 Å². The van der Waals surface area contributed by atoms with Crippen molar-refractivity contribution in [2.24, 2.45) is 5.92 Å². The predicted molar refractivity (Wildman–Crippen MR) is 206 cm³/mol. The smallest absolute Gasteiger partial charge is 0 e. The van der Waals surface area contributed by atoms with E-state index in [1.54, 1.807) is 0 Å². The number of hydrogen-bond donors (Lipinski definition) is 0. The van der Waals surface area contributed by atoms with Gasteiger partial charge < -0.3 is 4.98 Å². The summed E-state index contributed by atoms with van der Waals surface area (Å²) in [5.74, 6) is 8.30. The van der Waals surface area contributed by atoms with E-state index in [9.17, 15) is 0 Å². The second-order valence-electron chi connectivity index (χ2n) is 13.7. The molecule has 0 bridgehead atoms. The summed E-state index contributed by atoms with van der Waals surface area (Å²) in [6.07, 6.45) is 4.02. The molecule has 1 radical (unpaired) electrons. The Labute approximate surface area is 306 Å². The molecule has 0 fully saturated rings. The molecule has 3 heterocycles. The van der Waals surface area contributed by atoms with Crippen LogP contribution in [0.25, 0.3) is 53.8 Å². The van der Waals surface area contributed by atoms with Gasteiger partial charge in [0.15, 0.2) is 0 Å². The summed E-state index contributed by atoms with van der Waals surface area (Å²) in [7, 11) is 0. The number of rotatable bonds is 6. The van der Waals surface area contributed by atoms with E-state index < -0.39 is 13.3 Å². The number of hydrogen-bond acceptors (Lipinski definition) is 3. The molecule has 7 rings (SSSR count). The average molecular weight is 884 g/mol. The summed E-state index contributed by atoms with van der Waals surface area (Å²) < 4.78 is 4.08. The monoisotopic (exact) mass is 885 g/mol. The summed E-state index contributed by atoms with van der Waals surface area (Å²) in [5.41, 5.74) is 9.47. The van der Waals surface area contributed by atoms with Crippen molar-refractivity contribution in [3.8, 4) is 33.6 Å². The van der Waals surface area contributed by atoms with Crippen LogP contribution in [0, 0.1) is 25.0 Å². The van der Waals surface area contributed by atoms with Crippen molar-refractivity contribution in [2.75, 3.05) is 0 Å². The summed E-state index contributed by atoms with van der Waals surface area (Å²) in [6, 6.07) is 42.8. The van der Waals surface area contributed by atoms with Crippen LogP contribution in [0.4, 0.5) is 0 Å². The number of benzene rings is 4. The molecule has 3 aromatic heterocycles. The number of pyridine rings is 2. The number of nitrogens with zero attached hydrogens (tertiary/aromatic N) is 2. The van der Waals surface area contributed by atoms with Gasteiger partial charge in [-0.25, -0.2) is 0 Å². The van der Waals surface area contributed by atoms with Gasteiger partial charge in [-0.05, 0) is 44.8 Å². The summed E-state index contributed by atoms with van der Waals surface area (Å²) >= 11 is 0.0813. The van der Waals surface area contributed by atoms with Gasteiger partial charge in [0.1, 0.15) is 0 Å². The van der Waals surface area contributed by atoms with Crippen molar-refractivity contribution in [3.63, 3.8) is 0 Å². The number of thiophene rings is 1. The number of aryl methyl sites for hydroxylation is 1. The first-order valence-electron chi connectivity index (χ1n) is 16.4. The van der Waals surface area contributed by atoms with E-state index in [2.05, 4.69) is 147 Å². The largest absolute Gasteiger partial charge is 0 e. The maximum absolute atomic E-state index is 4.73.